The van der Waals surface area contributed by atoms with Gasteiger partial charge in [0.05, 0.1) is 23.7 Å². The summed E-state index contributed by atoms with van der Waals surface area (Å²) in [6, 6.07) is 4.01. The van der Waals surface area contributed by atoms with E-state index in [0.717, 1.165) is 34.0 Å². The smallest absolute Gasteiger partial charge is 0.130 e. The van der Waals surface area contributed by atoms with Crippen LogP contribution in [-0.4, -0.2) is 19.1 Å². The molecule has 0 spiro atoms. The second kappa shape index (κ2) is 5.60. The molecule has 1 heterocycles. The second-order valence-corrected chi connectivity index (χ2v) is 6.05. The molecule has 0 saturated heterocycles. The molecule has 3 rings (SSSR count). The lowest BCUT2D eigenvalue weighted by atomic mass is 10.0. The number of benzene rings is 1. The van der Waals surface area contributed by atoms with Gasteiger partial charge in [0, 0.05) is 17.2 Å². The first-order valence-corrected chi connectivity index (χ1v) is 7.91. The zero-order chi connectivity index (χ0) is 14.1. The molecule has 2 aromatic rings. The lowest BCUT2D eigenvalue weighted by Gasteiger charge is -2.17. The number of anilines is 1. The minimum absolute atomic E-state index is 0.882. The van der Waals surface area contributed by atoms with Crippen LogP contribution < -0.4 is 10.1 Å². The van der Waals surface area contributed by atoms with Crippen molar-refractivity contribution in [2.24, 2.45) is 0 Å². The molecule has 4 heteroatoms. The first-order valence-electron chi connectivity index (χ1n) is 7.12. The van der Waals surface area contributed by atoms with E-state index in [1.807, 2.05) is 19.2 Å². The van der Waals surface area contributed by atoms with Gasteiger partial charge in [0.2, 0.25) is 0 Å². The van der Waals surface area contributed by atoms with E-state index in [0.29, 0.717) is 0 Å². The van der Waals surface area contributed by atoms with Gasteiger partial charge in [0.25, 0.3) is 0 Å². The Morgan fingerprint density at radius 1 is 1.20 bits per heavy atom. The number of aryl methyl sites for hydroxylation is 1. The highest BCUT2D eigenvalue weighted by Crippen LogP contribution is 2.40. The highest BCUT2D eigenvalue weighted by Gasteiger charge is 2.20. The molecule has 20 heavy (non-hydrogen) atoms. The van der Waals surface area contributed by atoms with Gasteiger partial charge in [-0.2, -0.15) is 0 Å². The van der Waals surface area contributed by atoms with Crippen LogP contribution in [0.4, 0.5) is 5.69 Å². The van der Waals surface area contributed by atoms with Crippen molar-refractivity contribution in [3.8, 4) is 5.75 Å². The Morgan fingerprint density at radius 3 is 2.75 bits per heavy atom. The second-order valence-electron chi connectivity index (χ2n) is 5.20. The molecule has 0 fully saturated rings. The summed E-state index contributed by atoms with van der Waals surface area (Å²) in [5.74, 6) is 0.882. The molecule has 1 aliphatic rings. The molecule has 0 saturated carbocycles. The van der Waals surface area contributed by atoms with E-state index < -0.39 is 0 Å². The van der Waals surface area contributed by atoms with Gasteiger partial charge < -0.3 is 10.1 Å². The third-order valence-electron chi connectivity index (χ3n) is 4.05. The molecule has 0 radical (unpaired) electrons. The maximum atomic E-state index is 5.55. The van der Waals surface area contributed by atoms with Crippen LogP contribution in [-0.2, 0) is 12.8 Å². The summed E-state index contributed by atoms with van der Waals surface area (Å²) < 4.78 is 6.57. The summed E-state index contributed by atoms with van der Waals surface area (Å²) >= 11 is 3.63. The van der Waals surface area contributed by atoms with Crippen molar-refractivity contribution in [3.63, 3.8) is 0 Å². The van der Waals surface area contributed by atoms with Gasteiger partial charge in [-0.1, -0.05) is 6.42 Å². The molecule has 1 aromatic heterocycles. The molecular formula is C16H19BrN2O. The average Bonchev–Trinajstić information content (AvgIpc) is 2.71. The quantitative estimate of drug-likeness (QED) is 0.830. The van der Waals surface area contributed by atoms with Gasteiger partial charge in [-0.25, -0.2) is 0 Å². The number of hydrogen-bond donors (Lipinski definition) is 1. The number of methoxy groups -OCH3 is 1. The lowest BCUT2D eigenvalue weighted by molar-refractivity contribution is 0.420. The Labute approximate surface area is 127 Å². The summed E-state index contributed by atoms with van der Waals surface area (Å²) in [5.41, 5.74) is 4.79. The highest BCUT2D eigenvalue weighted by molar-refractivity contribution is 9.10. The summed E-state index contributed by atoms with van der Waals surface area (Å²) in [7, 11) is 3.70. The number of nitrogens with one attached hydrogen (secondary N) is 1. The van der Waals surface area contributed by atoms with Crippen molar-refractivity contribution in [2.75, 3.05) is 19.5 Å². The average molecular weight is 335 g/mol. The summed E-state index contributed by atoms with van der Waals surface area (Å²) in [5, 5.41) is 4.47. The van der Waals surface area contributed by atoms with E-state index in [9.17, 15) is 0 Å². The van der Waals surface area contributed by atoms with Crippen LogP contribution in [0.15, 0.2) is 16.6 Å². The molecule has 1 N–H and O–H groups in total. The molecule has 106 valence electrons. The van der Waals surface area contributed by atoms with E-state index in [2.05, 4.69) is 21.2 Å². The van der Waals surface area contributed by atoms with E-state index >= 15 is 0 Å². The maximum absolute atomic E-state index is 5.55. The molecule has 1 aliphatic carbocycles. The van der Waals surface area contributed by atoms with Gasteiger partial charge in [0.15, 0.2) is 0 Å². The van der Waals surface area contributed by atoms with E-state index in [1.165, 1.54) is 36.2 Å². The van der Waals surface area contributed by atoms with Crippen LogP contribution in [0.25, 0.3) is 10.9 Å². The molecule has 0 bridgehead atoms. The predicted molar refractivity (Wildman–Crippen MR) is 86.8 cm³/mol. The maximum Gasteiger partial charge on any atom is 0.130 e. The highest BCUT2D eigenvalue weighted by atomic mass is 79.9. The molecule has 0 atom stereocenters. The topological polar surface area (TPSA) is 34.2 Å². The number of pyridine rings is 1. The molecule has 3 nitrogen and oxygen atoms in total. The van der Waals surface area contributed by atoms with Crippen molar-refractivity contribution in [1.29, 1.82) is 0 Å². The summed E-state index contributed by atoms with van der Waals surface area (Å²) in [6.45, 7) is 0. The van der Waals surface area contributed by atoms with Gasteiger partial charge in [-0.15, -0.1) is 0 Å². The molecular weight excluding hydrogens is 316 g/mol. The van der Waals surface area contributed by atoms with Crippen molar-refractivity contribution >= 4 is 32.5 Å². The van der Waals surface area contributed by atoms with Crippen LogP contribution in [0, 0.1) is 0 Å². The standard InChI is InChI=1S/C16H19BrN2O/c1-18-15-10-6-4-3-5-7-12(10)19-16-11(17)8-9-13(20-2)14(15)16/h8-9H,3-7H2,1-2H3,(H,18,19). The van der Waals surface area contributed by atoms with Gasteiger partial charge in [-0.05, 0) is 59.3 Å². The Morgan fingerprint density at radius 2 is 2.00 bits per heavy atom. The number of halogens is 1. The van der Waals surface area contributed by atoms with Crippen molar-refractivity contribution in [2.45, 2.75) is 32.1 Å². The summed E-state index contributed by atoms with van der Waals surface area (Å²) in [4.78, 5) is 4.93. The molecule has 0 aliphatic heterocycles. The molecule has 1 aromatic carbocycles. The normalized spacial score (nSPS) is 14.8. The van der Waals surface area contributed by atoms with Crippen LogP contribution in [0.5, 0.6) is 5.75 Å². The number of aromatic nitrogens is 1. The fraction of sp³-hybridized carbons (Fsp3) is 0.438. The largest absolute Gasteiger partial charge is 0.496 e. The predicted octanol–water partition coefficient (Wildman–Crippen LogP) is 4.32. The lowest BCUT2D eigenvalue weighted by Crippen LogP contribution is -2.04. The Bertz CT molecular complexity index is 655. The number of fused-ring (bicyclic) bond motifs is 2. The minimum atomic E-state index is 0.882. The first-order chi connectivity index (χ1) is 9.76. The number of hydrogen-bond acceptors (Lipinski definition) is 3. The Hall–Kier alpha value is -1.29. The fourth-order valence-electron chi connectivity index (χ4n) is 3.09. The monoisotopic (exact) mass is 334 g/mol. The van der Waals surface area contributed by atoms with E-state index in [1.54, 1.807) is 7.11 Å². The zero-order valence-electron chi connectivity index (χ0n) is 11.9. The van der Waals surface area contributed by atoms with Gasteiger partial charge in [0.1, 0.15) is 5.75 Å². The zero-order valence-corrected chi connectivity index (χ0v) is 13.5. The Kier molecular flexibility index (Phi) is 3.83. The SMILES string of the molecule is CNc1c2c(nc3c(Br)ccc(OC)c13)CCCCC2. The summed E-state index contributed by atoms with van der Waals surface area (Å²) in [6.07, 6.45) is 5.93. The van der Waals surface area contributed by atoms with Crippen LogP contribution >= 0.6 is 15.9 Å². The first kappa shape index (κ1) is 13.7. The number of nitrogens with zero attached hydrogens (tertiary/aromatic N) is 1. The van der Waals surface area contributed by atoms with Crippen LogP contribution in [0.3, 0.4) is 0 Å². The van der Waals surface area contributed by atoms with Crippen LogP contribution in [0.2, 0.25) is 0 Å². The van der Waals surface area contributed by atoms with Crippen molar-refractivity contribution in [3.05, 3.63) is 27.9 Å². The molecule has 0 amide bonds. The van der Waals surface area contributed by atoms with Gasteiger partial charge >= 0.3 is 0 Å². The van der Waals surface area contributed by atoms with Crippen LogP contribution in [0.1, 0.15) is 30.5 Å². The van der Waals surface area contributed by atoms with E-state index in [-0.39, 0.29) is 0 Å². The number of rotatable bonds is 2. The number of ether oxygens (including phenoxy) is 1. The Balaban J connectivity index is 2.39. The third kappa shape index (κ3) is 2.16. The van der Waals surface area contributed by atoms with E-state index in [4.69, 9.17) is 9.72 Å². The van der Waals surface area contributed by atoms with Gasteiger partial charge in [-0.3, -0.25) is 4.98 Å². The van der Waals surface area contributed by atoms with Crippen molar-refractivity contribution < 1.29 is 4.74 Å². The van der Waals surface area contributed by atoms with Crippen molar-refractivity contribution in [1.82, 2.24) is 4.98 Å². The third-order valence-corrected chi connectivity index (χ3v) is 4.69. The molecule has 0 unspecified atom stereocenters. The minimum Gasteiger partial charge on any atom is -0.496 e. The fourth-order valence-corrected chi connectivity index (χ4v) is 3.51.